The van der Waals surface area contributed by atoms with Crippen LogP contribution in [0, 0.1) is 6.92 Å². The summed E-state index contributed by atoms with van der Waals surface area (Å²) in [5.74, 6) is -0.125. The average Bonchev–Trinajstić information content (AvgIpc) is 2.71. The van der Waals surface area contributed by atoms with Crippen LogP contribution in [0.2, 0.25) is 5.02 Å². The van der Waals surface area contributed by atoms with Gasteiger partial charge in [-0.2, -0.15) is 5.10 Å². The van der Waals surface area contributed by atoms with Crippen LogP contribution < -0.4 is 10.6 Å². The first-order valence-corrected chi connectivity index (χ1v) is 6.68. The molecule has 0 aliphatic heterocycles. The van der Waals surface area contributed by atoms with Crippen molar-refractivity contribution < 1.29 is 4.79 Å². The van der Waals surface area contributed by atoms with Gasteiger partial charge in [-0.1, -0.05) is 23.7 Å². The Hall–Kier alpha value is -1.85. The van der Waals surface area contributed by atoms with Gasteiger partial charge in [-0.15, -0.1) is 0 Å². The highest BCUT2D eigenvalue weighted by Crippen LogP contribution is 2.19. The fraction of sp³-hybridized carbons (Fsp3) is 0.286. The maximum absolute atomic E-state index is 11.8. The Bertz CT molecular complexity index is 609. The largest absolute Gasteiger partial charge is 0.324 e. The molecular weight excluding hydrogens is 276 g/mol. The Kier molecular flexibility index (Phi) is 4.76. The first kappa shape index (κ1) is 14.6. The quantitative estimate of drug-likeness (QED) is 0.887. The van der Waals surface area contributed by atoms with Crippen molar-refractivity contribution in [3.63, 3.8) is 0 Å². The lowest BCUT2D eigenvalue weighted by atomic mass is 10.2. The van der Waals surface area contributed by atoms with E-state index in [0.29, 0.717) is 17.3 Å². The monoisotopic (exact) mass is 292 g/mol. The Morgan fingerprint density at radius 1 is 1.40 bits per heavy atom. The number of carbonyl (C=O) groups excluding carboxylic acids is 1. The summed E-state index contributed by atoms with van der Waals surface area (Å²) in [4.78, 5) is 11.8. The van der Waals surface area contributed by atoms with Crippen LogP contribution in [0.4, 0.5) is 5.69 Å². The second kappa shape index (κ2) is 6.54. The zero-order chi connectivity index (χ0) is 14.5. The predicted octanol–water partition coefficient (Wildman–Crippen LogP) is 2.11. The molecule has 1 aromatic carbocycles. The molecule has 0 saturated carbocycles. The molecule has 1 aromatic heterocycles. The smallest absolute Gasteiger partial charge is 0.238 e. The molecule has 0 aliphatic rings. The molecule has 0 saturated heterocycles. The average molecular weight is 293 g/mol. The fourth-order valence-electron chi connectivity index (χ4n) is 1.89. The second-order valence-electron chi connectivity index (χ2n) is 4.54. The van der Waals surface area contributed by atoms with Crippen LogP contribution in [0.1, 0.15) is 11.3 Å². The topological polar surface area (TPSA) is 59.0 Å². The van der Waals surface area contributed by atoms with Crippen LogP contribution in [-0.4, -0.2) is 22.2 Å². The third-order valence-electron chi connectivity index (χ3n) is 2.86. The van der Waals surface area contributed by atoms with Gasteiger partial charge in [-0.3, -0.25) is 9.48 Å². The summed E-state index contributed by atoms with van der Waals surface area (Å²) in [5.41, 5.74) is 2.67. The summed E-state index contributed by atoms with van der Waals surface area (Å²) in [6.45, 7) is 2.77. The number of nitrogens with one attached hydrogen (secondary N) is 2. The van der Waals surface area contributed by atoms with Gasteiger partial charge in [-0.25, -0.2) is 0 Å². The maximum atomic E-state index is 11.8. The van der Waals surface area contributed by atoms with E-state index >= 15 is 0 Å². The molecule has 5 nitrogen and oxygen atoms in total. The molecule has 0 fully saturated rings. The van der Waals surface area contributed by atoms with Gasteiger partial charge in [0.2, 0.25) is 5.91 Å². The number of amides is 1. The number of anilines is 1. The van der Waals surface area contributed by atoms with Gasteiger partial charge in [0.15, 0.2) is 0 Å². The van der Waals surface area contributed by atoms with Crippen molar-refractivity contribution in [3.05, 3.63) is 46.7 Å². The van der Waals surface area contributed by atoms with E-state index in [4.69, 9.17) is 11.6 Å². The minimum Gasteiger partial charge on any atom is -0.324 e. The van der Waals surface area contributed by atoms with Crippen LogP contribution in [0.15, 0.2) is 30.5 Å². The normalized spacial score (nSPS) is 10.6. The summed E-state index contributed by atoms with van der Waals surface area (Å²) in [6, 6.07) is 7.16. The van der Waals surface area contributed by atoms with E-state index in [1.54, 1.807) is 16.8 Å². The zero-order valence-electron chi connectivity index (χ0n) is 11.5. The number of halogens is 1. The predicted molar refractivity (Wildman–Crippen MR) is 79.7 cm³/mol. The molecule has 0 unspecified atom stereocenters. The minimum atomic E-state index is -0.125. The fourth-order valence-corrected chi connectivity index (χ4v) is 2.07. The third kappa shape index (κ3) is 3.82. The minimum absolute atomic E-state index is 0.125. The lowest BCUT2D eigenvalue weighted by molar-refractivity contribution is -0.115. The lowest BCUT2D eigenvalue weighted by Crippen LogP contribution is -2.27. The standard InChI is InChI=1S/C14H17ClN4O/c1-10-11(9-19(2)18-10)7-16-8-14(20)17-13-6-4-3-5-12(13)15/h3-6,9,16H,7-8H2,1-2H3,(H,17,20). The molecule has 0 spiro atoms. The highest BCUT2D eigenvalue weighted by molar-refractivity contribution is 6.33. The molecule has 1 heterocycles. The zero-order valence-corrected chi connectivity index (χ0v) is 12.2. The van der Waals surface area contributed by atoms with E-state index < -0.39 is 0 Å². The highest BCUT2D eigenvalue weighted by Gasteiger charge is 2.06. The Balaban J connectivity index is 1.81. The summed E-state index contributed by atoms with van der Waals surface area (Å²) in [5, 5.41) is 10.6. The van der Waals surface area contributed by atoms with Gasteiger partial charge in [0, 0.05) is 25.4 Å². The van der Waals surface area contributed by atoms with Gasteiger partial charge < -0.3 is 10.6 Å². The van der Waals surface area contributed by atoms with Crippen LogP contribution in [-0.2, 0) is 18.4 Å². The van der Waals surface area contributed by atoms with Crippen molar-refractivity contribution in [3.8, 4) is 0 Å². The number of hydrogen-bond donors (Lipinski definition) is 2. The van der Waals surface area contributed by atoms with Gasteiger partial charge in [0.05, 0.1) is 22.9 Å². The molecule has 6 heteroatoms. The van der Waals surface area contributed by atoms with Crippen molar-refractivity contribution in [1.29, 1.82) is 0 Å². The van der Waals surface area contributed by atoms with Crippen LogP contribution in [0.5, 0.6) is 0 Å². The lowest BCUT2D eigenvalue weighted by Gasteiger charge is -2.07. The van der Waals surface area contributed by atoms with E-state index in [9.17, 15) is 4.79 Å². The molecular formula is C14H17ClN4O. The number of carbonyl (C=O) groups is 1. The van der Waals surface area contributed by atoms with E-state index in [0.717, 1.165) is 11.3 Å². The number of rotatable bonds is 5. The van der Waals surface area contributed by atoms with Crippen molar-refractivity contribution in [2.24, 2.45) is 7.05 Å². The van der Waals surface area contributed by atoms with Gasteiger partial charge >= 0.3 is 0 Å². The first-order valence-electron chi connectivity index (χ1n) is 6.30. The molecule has 2 N–H and O–H groups in total. The number of nitrogens with zero attached hydrogens (tertiary/aromatic N) is 2. The van der Waals surface area contributed by atoms with E-state index in [-0.39, 0.29) is 12.5 Å². The summed E-state index contributed by atoms with van der Waals surface area (Å²) >= 11 is 5.98. The summed E-state index contributed by atoms with van der Waals surface area (Å²) < 4.78 is 1.76. The SMILES string of the molecule is Cc1nn(C)cc1CNCC(=O)Nc1ccccc1Cl. The third-order valence-corrected chi connectivity index (χ3v) is 3.19. The van der Waals surface area contributed by atoms with E-state index in [2.05, 4.69) is 15.7 Å². The van der Waals surface area contributed by atoms with Gasteiger partial charge in [0.25, 0.3) is 0 Å². The van der Waals surface area contributed by atoms with E-state index in [1.165, 1.54) is 0 Å². The van der Waals surface area contributed by atoms with Crippen LogP contribution >= 0.6 is 11.6 Å². The molecule has 0 bridgehead atoms. The van der Waals surface area contributed by atoms with Gasteiger partial charge in [0.1, 0.15) is 0 Å². The van der Waals surface area contributed by atoms with Crippen LogP contribution in [0.3, 0.4) is 0 Å². The molecule has 1 amide bonds. The van der Waals surface area contributed by atoms with E-state index in [1.807, 2.05) is 32.3 Å². The van der Waals surface area contributed by atoms with Crippen molar-refractivity contribution >= 4 is 23.2 Å². The number of para-hydroxylation sites is 1. The summed E-state index contributed by atoms with van der Waals surface area (Å²) in [7, 11) is 1.88. The molecule has 0 atom stereocenters. The number of benzene rings is 1. The van der Waals surface area contributed by atoms with Gasteiger partial charge in [-0.05, 0) is 19.1 Å². The Morgan fingerprint density at radius 3 is 2.80 bits per heavy atom. The Morgan fingerprint density at radius 2 is 2.15 bits per heavy atom. The van der Waals surface area contributed by atoms with Crippen molar-refractivity contribution in [2.45, 2.75) is 13.5 Å². The molecule has 0 radical (unpaired) electrons. The molecule has 106 valence electrons. The molecule has 20 heavy (non-hydrogen) atoms. The second-order valence-corrected chi connectivity index (χ2v) is 4.95. The first-order chi connectivity index (χ1) is 9.56. The number of hydrogen-bond acceptors (Lipinski definition) is 3. The molecule has 0 aliphatic carbocycles. The number of aryl methyl sites for hydroxylation is 2. The Labute approximate surface area is 122 Å². The summed E-state index contributed by atoms with van der Waals surface area (Å²) in [6.07, 6.45) is 1.94. The maximum Gasteiger partial charge on any atom is 0.238 e. The molecule has 2 rings (SSSR count). The number of aromatic nitrogens is 2. The molecule has 2 aromatic rings. The van der Waals surface area contributed by atoms with Crippen molar-refractivity contribution in [1.82, 2.24) is 15.1 Å². The highest BCUT2D eigenvalue weighted by atomic mass is 35.5. The van der Waals surface area contributed by atoms with Crippen molar-refractivity contribution in [2.75, 3.05) is 11.9 Å². The van der Waals surface area contributed by atoms with Crippen LogP contribution in [0.25, 0.3) is 0 Å².